The number of nitrogens with zero attached hydrogens (tertiary/aromatic N) is 2. The van der Waals surface area contributed by atoms with E-state index in [1.807, 2.05) is 6.07 Å². The Morgan fingerprint density at radius 3 is 2.50 bits per heavy atom. The number of ether oxygens (including phenoxy) is 1. The van der Waals surface area contributed by atoms with Gasteiger partial charge in [-0.15, -0.1) is 0 Å². The number of urea groups is 1. The fraction of sp³-hybridized carbons (Fsp3) is 0.190. The normalized spacial score (nSPS) is 11.6. The van der Waals surface area contributed by atoms with Gasteiger partial charge in [0.25, 0.3) is 0 Å². The molecule has 0 aliphatic heterocycles. The summed E-state index contributed by atoms with van der Waals surface area (Å²) in [5.74, 6) is -0.881. The van der Waals surface area contributed by atoms with Crippen molar-refractivity contribution < 1.29 is 23.8 Å². The monoisotopic (exact) mass is 412 g/mol. The SMILES string of the molecule is CCOC(=O)c1cc(NC(=O)Nc2ccc(F)cc2)n(CC(O)c2ccccc2)n1. The lowest BCUT2D eigenvalue weighted by molar-refractivity contribution is 0.0517. The quantitative estimate of drug-likeness (QED) is 0.515. The highest BCUT2D eigenvalue weighted by Crippen LogP contribution is 2.19. The minimum atomic E-state index is -0.915. The number of nitrogens with one attached hydrogen (secondary N) is 2. The van der Waals surface area contributed by atoms with Crippen molar-refractivity contribution in [2.24, 2.45) is 0 Å². The second-order valence-corrected chi connectivity index (χ2v) is 6.33. The standard InChI is InChI=1S/C21H21FN4O4/c1-2-30-20(28)17-12-19(24-21(29)23-16-10-8-15(22)9-11-16)26(25-17)13-18(27)14-6-4-3-5-7-14/h3-12,18,27H,2,13H2,1H3,(H2,23,24,29). The predicted octanol–water partition coefficient (Wildman–Crippen LogP) is 3.58. The van der Waals surface area contributed by atoms with Crippen molar-refractivity contribution in [1.29, 1.82) is 0 Å². The first-order valence-corrected chi connectivity index (χ1v) is 9.28. The topological polar surface area (TPSA) is 105 Å². The van der Waals surface area contributed by atoms with Gasteiger partial charge in [-0.3, -0.25) is 5.32 Å². The van der Waals surface area contributed by atoms with Gasteiger partial charge in [-0.2, -0.15) is 5.10 Å². The predicted molar refractivity (Wildman–Crippen MR) is 109 cm³/mol. The number of rotatable bonds is 7. The highest BCUT2D eigenvalue weighted by atomic mass is 19.1. The Bertz CT molecular complexity index is 1010. The Labute approximate surface area is 172 Å². The minimum Gasteiger partial charge on any atom is -0.461 e. The number of aliphatic hydroxyl groups is 1. The molecular formula is C21H21FN4O4. The number of anilines is 2. The summed E-state index contributed by atoms with van der Waals surface area (Å²) >= 11 is 0. The number of carbonyl (C=O) groups excluding carboxylic acids is 2. The number of aliphatic hydroxyl groups excluding tert-OH is 1. The van der Waals surface area contributed by atoms with E-state index in [0.29, 0.717) is 11.3 Å². The molecule has 0 saturated carbocycles. The van der Waals surface area contributed by atoms with E-state index in [0.717, 1.165) is 0 Å². The maximum Gasteiger partial charge on any atom is 0.358 e. The number of esters is 1. The van der Waals surface area contributed by atoms with Crippen LogP contribution in [0.3, 0.4) is 0 Å². The van der Waals surface area contributed by atoms with Crippen molar-refractivity contribution in [2.75, 3.05) is 17.2 Å². The fourth-order valence-electron chi connectivity index (χ4n) is 2.72. The molecule has 0 spiro atoms. The fourth-order valence-corrected chi connectivity index (χ4v) is 2.72. The second kappa shape index (κ2) is 9.66. The zero-order chi connectivity index (χ0) is 21.5. The molecule has 0 radical (unpaired) electrons. The summed E-state index contributed by atoms with van der Waals surface area (Å²) in [6.45, 7) is 1.84. The van der Waals surface area contributed by atoms with Crippen LogP contribution in [0.5, 0.6) is 0 Å². The van der Waals surface area contributed by atoms with Gasteiger partial charge in [-0.25, -0.2) is 18.7 Å². The maximum absolute atomic E-state index is 13.0. The molecule has 3 rings (SSSR count). The molecule has 3 N–H and O–H groups in total. The average Bonchev–Trinajstić information content (AvgIpc) is 3.13. The molecule has 1 heterocycles. The van der Waals surface area contributed by atoms with Crippen molar-refractivity contribution in [2.45, 2.75) is 19.6 Å². The molecule has 0 aliphatic rings. The third kappa shape index (κ3) is 5.42. The Balaban J connectivity index is 1.79. The molecule has 0 saturated heterocycles. The smallest absolute Gasteiger partial charge is 0.358 e. The lowest BCUT2D eigenvalue weighted by Gasteiger charge is -2.14. The summed E-state index contributed by atoms with van der Waals surface area (Å²) in [5, 5.41) is 19.8. The van der Waals surface area contributed by atoms with Crippen LogP contribution in [0.2, 0.25) is 0 Å². The molecule has 2 aromatic carbocycles. The van der Waals surface area contributed by atoms with E-state index in [1.54, 1.807) is 31.2 Å². The average molecular weight is 412 g/mol. The van der Waals surface area contributed by atoms with E-state index in [1.165, 1.54) is 35.0 Å². The molecule has 1 unspecified atom stereocenters. The Morgan fingerprint density at radius 2 is 1.83 bits per heavy atom. The van der Waals surface area contributed by atoms with Gasteiger partial charge in [0.1, 0.15) is 11.6 Å². The summed E-state index contributed by atoms with van der Waals surface area (Å²) in [7, 11) is 0. The molecule has 0 fully saturated rings. The van der Waals surface area contributed by atoms with Crippen molar-refractivity contribution in [3.63, 3.8) is 0 Å². The Kier molecular flexibility index (Phi) is 6.76. The molecule has 1 atom stereocenters. The van der Waals surface area contributed by atoms with E-state index in [2.05, 4.69) is 15.7 Å². The van der Waals surface area contributed by atoms with Gasteiger partial charge in [-0.1, -0.05) is 30.3 Å². The van der Waals surface area contributed by atoms with Crippen LogP contribution >= 0.6 is 0 Å². The molecule has 8 nitrogen and oxygen atoms in total. The number of hydrogen-bond donors (Lipinski definition) is 3. The molecule has 0 aliphatic carbocycles. The largest absolute Gasteiger partial charge is 0.461 e. The molecule has 3 aromatic rings. The lowest BCUT2D eigenvalue weighted by Crippen LogP contribution is -2.22. The van der Waals surface area contributed by atoms with Crippen LogP contribution in [0.1, 0.15) is 29.1 Å². The number of aromatic nitrogens is 2. The van der Waals surface area contributed by atoms with E-state index < -0.39 is 23.9 Å². The molecule has 2 amide bonds. The number of carbonyl (C=O) groups is 2. The first-order valence-electron chi connectivity index (χ1n) is 9.28. The Morgan fingerprint density at radius 1 is 1.13 bits per heavy atom. The number of halogens is 1. The second-order valence-electron chi connectivity index (χ2n) is 6.33. The van der Waals surface area contributed by atoms with Crippen LogP contribution in [0, 0.1) is 5.82 Å². The zero-order valence-corrected chi connectivity index (χ0v) is 16.2. The van der Waals surface area contributed by atoms with Gasteiger partial charge in [0, 0.05) is 11.8 Å². The van der Waals surface area contributed by atoms with Crippen molar-refractivity contribution in [1.82, 2.24) is 9.78 Å². The van der Waals surface area contributed by atoms with Crippen LogP contribution in [0.15, 0.2) is 60.7 Å². The van der Waals surface area contributed by atoms with Crippen molar-refractivity contribution in [3.05, 3.63) is 77.7 Å². The third-order valence-corrected chi connectivity index (χ3v) is 4.14. The van der Waals surface area contributed by atoms with Crippen LogP contribution < -0.4 is 10.6 Å². The summed E-state index contributed by atoms with van der Waals surface area (Å²) in [5.41, 5.74) is 1.04. The highest BCUT2D eigenvalue weighted by molar-refractivity contribution is 6.00. The van der Waals surface area contributed by atoms with Gasteiger partial charge in [0.2, 0.25) is 0 Å². The van der Waals surface area contributed by atoms with E-state index >= 15 is 0 Å². The summed E-state index contributed by atoms with van der Waals surface area (Å²) in [6, 6.07) is 14.9. The minimum absolute atomic E-state index is 0.00439. The van der Waals surface area contributed by atoms with Gasteiger partial charge < -0.3 is 15.2 Å². The number of benzene rings is 2. The van der Waals surface area contributed by atoms with E-state index in [-0.39, 0.29) is 24.7 Å². The molecule has 30 heavy (non-hydrogen) atoms. The molecule has 156 valence electrons. The Hall–Kier alpha value is -3.72. The van der Waals surface area contributed by atoms with Gasteiger partial charge in [0.05, 0.1) is 19.3 Å². The highest BCUT2D eigenvalue weighted by Gasteiger charge is 2.19. The van der Waals surface area contributed by atoms with Crippen molar-refractivity contribution in [3.8, 4) is 0 Å². The zero-order valence-electron chi connectivity index (χ0n) is 16.2. The van der Waals surface area contributed by atoms with Gasteiger partial charge in [0.15, 0.2) is 5.69 Å². The number of hydrogen-bond acceptors (Lipinski definition) is 5. The summed E-state index contributed by atoms with van der Waals surface area (Å²) in [6.07, 6.45) is -0.915. The van der Waals surface area contributed by atoms with Crippen LogP contribution in [0.25, 0.3) is 0 Å². The van der Waals surface area contributed by atoms with Gasteiger partial charge in [-0.05, 0) is 36.8 Å². The van der Waals surface area contributed by atoms with Gasteiger partial charge >= 0.3 is 12.0 Å². The molecular weight excluding hydrogens is 391 g/mol. The van der Waals surface area contributed by atoms with Crippen LogP contribution in [0.4, 0.5) is 20.7 Å². The summed E-state index contributed by atoms with van der Waals surface area (Å²) < 4.78 is 19.3. The van der Waals surface area contributed by atoms with Crippen molar-refractivity contribution >= 4 is 23.5 Å². The molecule has 0 bridgehead atoms. The molecule has 9 heteroatoms. The first-order chi connectivity index (χ1) is 14.5. The van der Waals surface area contributed by atoms with Crippen LogP contribution in [-0.4, -0.2) is 33.5 Å². The maximum atomic E-state index is 13.0. The molecule has 1 aromatic heterocycles. The van der Waals surface area contributed by atoms with Crippen LogP contribution in [-0.2, 0) is 11.3 Å². The summed E-state index contributed by atoms with van der Waals surface area (Å²) in [4.78, 5) is 24.4. The van der Waals surface area contributed by atoms with E-state index in [4.69, 9.17) is 4.74 Å². The third-order valence-electron chi connectivity index (χ3n) is 4.14. The first kappa shape index (κ1) is 21.0. The number of amides is 2. The lowest BCUT2D eigenvalue weighted by atomic mass is 10.1. The van der Waals surface area contributed by atoms with E-state index in [9.17, 15) is 19.1 Å².